The van der Waals surface area contributed by atoms with Crippen molar-refractivity contribution in [2.24, 2.45) is 0 Å². The average Bonchev–Trinajstić information content (AvgIpc) is 2.80. The molecule has 0 fully saturated rings. The van der Waals surface area contributed by atoms with Crippen LogP contribution in [0.4, 0.5) is 0 Å². The lowest BCUT2D eigenvalue weighted by molar-refractivity contribution is -0.145. The summed E-state index contributed by atoms with van der Waals surface area (Å²) < 4.78 is 6.09. The van der Waals surface area contributed by atoms with Crippen molar-refractivity contribution in [3.8, 4) is 0 Å². The Kier molecular flexibility index (Phi) is 7.26. The largest absolute Gasteiger partial charge is 0.467 e. The van der Waals surface area contributed by atoms with Crippen LogP contribution in [0, 0.1) is 3.57 Å². The molecule has 0 aliphatic heterocycles. The van der Waals surface area contributed by atoms with E-state index in [9.17, 15) is 9.59 Å². The Balaban J connectivity index is 1.94. The molecule has 0 saturated heterocycles. The van der Waals surface area contributed by atoms with E-state index in [1.165, 1.54) is 7.11 Å². The molecule has 3 aromatic carbocycles. The van der Waals surface area contributed by atoms with Gasteiger partial charge in [-0.3, -0.25) is 4.79 Å². The maximum Gasteiger partial charge on any atom is 0.328 e. The van der Waals surface area contributed by atoms with Crippen molar-refractivity contribution in [3.05, 3.63) is 105 Å². The van der Waals surface area contributed by atoms with E-state index in [0.29, 0.717) is 6.42 Å². The van der Waals surface area contributed by atoms with Crippen molar-refractivity contribution in [2.75, 3.05) is 7.11 Å². The first-order chi connectivity index (χ1) is 14.4. The molecule has 4 nitrogen and oxygen atoms in total. The number of rotatable bonds is 7. The number of halogens is 1. The number of amides is 1. The minimum atomic E-state index is -0.957. The van der Waals surface area contributed by atoms with Crippen LogP contribution >= 0.6 is 22.6 Å². The molecule has 0 spiro atoms. The highest BCUT2D eigenvalue weighted by Crippen LogP contribution is 2.32. The minimum Gasteiger partial charge on any atom is -0.467 e. The normalized spacial score (nSPS) is 12.1. The van der Waals surface area contributed by atoms with Crippen LogP contribution in [0.3, 0.4) is 0 Å². The molecule has 0 aromatic heterocycles. The molecule has 3 rings (SSSR count). The van der Waals surface area contributed by atoms with Gasteiger partial charge in [0.1, 0.15) is 6.04 Å². The summed E-state index contributed by atoms with van der Waals surface area (Å²) in [5, 5.41) is 2.95. The second-order valence-electron chi connectivity index (χ2n) is 7.24. The van der Waals surface area contributed by atoms with Crippen LogP contribution in [-0.2, 0) is 26.2 Å². The van der Waals surface area contributed by atoms with E-state index in [-0.39, 0.29) is 5.91 Å². The average molecular weight is 513 g/mol. The van der Waals surface area contributed by atoms with Crippen molar-refractivity contribution in [1.29, 1.82) is 0 Å². The third-order valence-corrected chi connectivity index (χ3v) is 6.02. The summed E-state index contributed by atoms with van der Waals surface area (Å²) in [5.41, 5.74) is 1.70. The molecule has 5 heteroatoms. The molecule has 154 valence electrons. The molecule has 1 amide bonds. The highest BCUT2D eigenvalue weighted by molar-refractivity contribution is 14.1. The zero-order valence-electron chi connectivity index (χ0n) is 17.0. The Morgan fingerprint density at radius 3 is 1.87 bits per heavy atom. The lowest BCUT2D eigenvalue weighted by atomic mass is 9.75. The zero-order valence-corrected chi connectivity index (χ0v) is 19.1. The Bertz CT molecular complexity index is 948. The van der Waals surface area contributed by atoms with E-state index < -0.39 is 17.4 Å². The number of carbonyl (C=O) groups excluding carboxylic acids is 2. The fourth-order valence-electron chi connectivity index (χ4n) is 3.47. The molecule has 0 aliphatic carbocycles. The first-order valence-corrected chi connectivity index (χ1v) is 10.8. The summed E-state index contributed by atoms with van der Waals surface area (Å²) in [6, 6.07) is 26.3. The van der Waals surface area contributed by atoms with Crippen molar-refractivity contribution >= 4 is 34.5 Å². The highest BCUT2D eigenvalue weighted by atomic mass is 127. The zero-order chi connectivity index (χ0) is 21.6. The summed E-state index contributed by atoms with van der Waals surface area (Å²) in [4.78, 5) is 26.1. The minimum absolute atomic E-state index is 0.249. The second-order valence-corrected chi connectivity index (χ2v) is 8.48. The topological polar surface area (TPSA) is 55.4 Å². The number of hydrogen-bond acceptors (Lipinski definition) is 3. The van der Waals surface area contributed by atoms with Gasteiger partial charge in [0.25, 0.3) is 0 Å². The van der Waals surface area contributed by atoms with Crippen LogP contribution in [0.1, 0.15) is 23.6 Å². The number of esters is 1. The molecule has 0 bridgehead atoms. The first-order valence-electron chi connectivity index (χ1n) is 9.69. The number of hydrogen-bond donors (Lipinski definition) is 1. The molecule has 0 radical (unpaired) electrons. The van der Waals surface area contributed by atoms with Gasteiger partial charge in [-0.25, -0.2) is 4.79 Å². The van der Waals surface area contributed by atoms with Crippen LogP contribution in [-0.4, -0.2) is 25.0 Å². The molecule has 0 aliphatic rings. The fourth-order valence-corrected chi connectivity index (χ4v) is 3.83. The maximum absolute atomic E-state index is 13.6. The SMILES string of the molecule is COC(=O)[C@H](Cc1ccc(I)cc1)NC(=O)C(C)(c1ccccc1)c1ccccc1. The summed E-state index contributed by atoms with van der Waals surface area (Å²) in [6.45, 7) is 1.88. The van der Waals surface area contributed by atoms with Gasteiger partial charge in [-0.05, 0) is 58.3 Å². The molecular formula is C25H24INO3. The number of carbonyl (C=O) groups is 2. The monoisotopic (exact) mass is 513 g/mol. The van der Waals surface area contributed by atoms with Crippen molar-refractivity contribution in [1.82, 2.24) is 5.32 Å². The Labute approximate surface area is 190 Å². The molecule has 30 heavy (non-hydrogen) atoms. The molecule has 1 atom stereocenters. The first kappa shape index (κ1) is 22.0. The van der Waals surface area contributed by atoms with E-state index >= 15 is 0 Å². The molecule has 1 N–H and O–H groups in total. The Hall–Kier alpha value is -2.67. The smallest absolute Gasteiger partial charge is 0.328 e. The van der Waals surface area contributed by atoms with Gasteiger partial charge in [0.05, 0.1) is 12.5 Å². The predicted octanol–water partition coefficient (Wildman–Crippen LogP) is 4.50. The van der Waals surface area contributed by atoms with Crippen LogP contribution in [0.25, 0.3) is 0 Å². The van der Waals surface area contributed by atoms with E-state index in [1.54, 1.807) is 0 Å². The van der Waals surface area contributed by atoms with Crippen LogP contribution < -0.4 is 5.32 Å². The van der Waals surface area contributed by atoms with Gasteiger partial charge in [0.2, 0.25) is 5.91 Å². The van der Waals surface area contributed by atoms with Gasteiger partial charge in [0, 0.05) is 9.99 Å². The van der Waals surface area contributed by atoms with E-state index in [0.717, 1.165) is 20.3 Å². The van der Waals surface area contributed by atoms with Gasteiger partial charge < -0.3 is 10.1 Å². The predicted molar refractivity (Wildman–Crippen MR) is 126 cm³/mol. The van der Waals surface area contributed by atoms with Crippen LogP contribution in [0.15, 0.2) is 84.9 Å². The standard InChI is InChI=1S/C25H24INO3/c1-25(19-9-5-3-6-10-19,20-11-7-4-8-12-20)24(29)27-22(23(28)30-2)17-18-13-15-21(26)16-14-18/h3-16,22H,17H2,1-2H3,(H,27,29)/t22-/m0/s1. The summed E-state index contributed by atoms with van der Waals surface area (Å²) in [5.74, 6) is -0.716. The lowest BCUT2D eigenvalue weighted by Crippen LogP contribution is -2.51. The van der Waals surface area contributed by atoms with E-state index in [2.05, 4.69) is 27.9 Å². The molecular weight excluding hydrogens is 489 g/mol. The van der Waals surface area contributed by atoms with Crippen molar-refractivity contribution in [3.63, 3.8) is 0 Å². The molecule has 0 saturated carbocycles. The summed E-state index contributed by atoms with van der Waals surface area (Å²) in [6.07, 6.45) is 0.356. The van der Waals surface area contributed by atoms with E-state index in [4.69, 9.17) is 4.74 Å². The maximum atomic E-state index is 13.6. The number of ether oxygens (including phenoxy) is 1. The van der Waals surface area contributed by atoms with Crippen molar-refractivity contribution < 1.29 is 14.3 Å². The number of nitrogens with one attached hydrogen (secondary N) is 1. The van der Waals surface area contributed by atoms with Gasteiger partial charge in [-0.1, -0.05) is 72.8 Å². The quantitative estimate of drug-likeness (QED) is 0.374. The van der Waals surface area contributed by atoms with Crippen LogP contribution in [0.2, 0.25) is 0 Å². The fraction of sp³-hybridized carbons (Fsp3) is 0.200. The lowest BCUT2D eigenvalue weighted by Gasteiger charge is -2.31. The molecule has 0 unspecified atom stereocenters. The highest BCUT2D eigenvalue weighted by Gasteiger charge is 2.39. The summed E-state index contributed by atoms with van der Waals surface area (Å²) in [7, 11) is 1.34. The van der Waals surface area contributed by atoms with Gasteiger partial charge >= 0.3 is 5.97 Å². The van der Waals surface area contributed by atoms with Gasteiger partial charge in [-0.15, -0.1) is 0 Å². The second kappa shape index (κ2) is 9.89. The number of benzene rings is 3. The Morgan fingerprint density at radius 1 is 0.900 bits per heavy atom. The number of methoxy groups -OCH3 is 1. The third-order valence-electron chi connectivity index (χ3n) is 5.30. The molecule has 0 heterocycles. The van der Waals surface area contributed by atoms with Crippen molar-refractivity contribution in [2.45, 2.75) is 24.8 Å². The van der Waals surface area contributed by atoms with E-state index in [1.807, 2.05) is 91.9 Å². The van der Waals surface area contributed by atoms with Gasteiger partial charge in [0.15, 0.2) is 0 Å². The van der Waals surface area contributed by atoms with Gasteiger partial charge in [-0.2, -0.15) is 0 Å². The Morgan fingerprint density at radius 2 is 1.40 bits per heavy atom. The summed E-state index contributed by atoms with van der Waals surface area (Å²) >= 11 is 2.23. The third kappa shape index (κ3) is 4.90. The molecule has 3 aromatic rings. The van der Waals surface area contributed by atoms with Crippen LogP contribution in [0.5, 0.6) is 0 Å².